The molecule has 1 saturated carbocycles. The topological polar surface area (TPSA) is 92.3 Å². The van der Waals surface area contributed by atoms with Crippen molar-refractivity contribution in [1.82, 2.24) is 20.3 Å². The summed E-state index contributed by atoms with van der Waals surface area (Å²) in [5.74, 6) is 0.605. The predicted octanol–water partition coefficient (Wildman–Crippen LogP) is 3.37. The maximum absolute atomic E-state index is 13.7. The van der Waals surface area contributed by atoms with Crippen molar-refractivity contribution in [1.29, 1.82) is 0 Å². The summed E-state index contributed by atoms with van der Waals surface area (Å²) in [7, 11) is 0. The van der Waals surface area contributed by atoms with Gasteiger partial charge in [0, 0.05) is 32.1 Å². The average Bonchev–Trinajstić information content (AvgIpc) is 2.71. The van der Waals surface area contributed by atoms with Crippen molar-refractivity contribution in [2.75, 3.05) is 36.4 Å². The van der Waals surface area contributed by atoms with E-state index in [1.807, 2.05) is 4.90 Å². The van der Waals surface area contributed by atoms with Gasteiger partial charge in [0.05, 0.1) is 16.8 Å². The van der Waals surface area contributed by atoms with E-state index in [0.717, 1.165) is 31.4 Å². The molecule has 164 valence electrons. The van der Waals surface area contributed by atoms with Crippen LogP contribution in [0.25, 0.3) is 11.4 Å². The second-order valence-electron chi connectivity index (χ2n) is 7.96. The number of ether oxygens (including phenoxy) is 1. The van der Waals surface area contributed by atoms with Gasteiger partial charge in [-0.25, -0.2) is 19.7 Å². The zero-order valence-electron chi connectivity index (χ0n) is 16.6. The Bertz CT molecular complexity index is 1000. The molecule has 1 atom stereocenters. The molecule has 31 heavy (non-hydrogen) atoms. The molecule has 1 amide bonds. The number of halogens is 3. The number of nitrogens with one attached hydrogen (secondary N) is 2. The highest BCUT2D eigenvalue weighted by Crippen LogP contribution is 2.47. The maximum Gasteiger partial charge on any atom is 0.416 e. The van der Waals surface area contributed by atoms with E-state index in [0.29, 0.717) is 31.7 Å². The van der Waals surface area contributed by atoms with Gasteiger partial charge in [0.1, 0.15) is 29.8 Å². The number of rotatable bonds is 3. The number of carbonyl (C=O) groups is 1. The average molecular weight is 434 g/mol. The van der Waals surface area contributed by atoms with Crippen molar-refractivity contribution in [3.63, 3.8) is 0 Å². The molecule has 0 spiro atoms. The zero-order valence-corrected chi connectivity index (χ0v) is 16.6. The number of hydrogen-bond acceptors (Lipinski definition) is 7. The van der Waals surface area contributed by atoms with Gasteiger partial charge in [-0.15, -0.1) is 0 Å². The van der Waals surface area contributed by atoms with Crippen LogP contribution >= 0.6 is 0 Å². The largest absolute Gasteiger partial charge is 0.441 e. The first-order chi connectivity index (χ1) is 14.9. The summed E-state index contributed by atoms with van der Waals surface area (Å²) < 4.78 is 46.7. The SMILES string of the molecule is O=C1Nc2ncnc(-c3cc(C(F)(F)F)cc(N4CCNCC4)n3)c2[C@@H](C2CCC2)O1. The van der Waals surface area contributed by atoms with Crippen molar-refractivity contribution >= 4 is 17.7 Å². The van der Waals surface area contributed by atoms with Gasteiger partial charge in [0.2, 0.25) is 0 Å². The predicted molar refractivity (Wildman–Crippen MR) is 106 cm³/mol. The van der Waals surface area contributed by atoms with Crippen molar-refractivity contribution in [2.24, 2.45) is 5.92 Å². The Morgan fingerprint density at radius 2 is 1.90 bits per heavy atom. The molecule has 5 rings (SSSR count). The van der Waals surface area contributed by atoms with Crippen LogP contribution in [0.3, 0.4) is 0 Å². The molecule has 0 aromatic carbocycles. The van der Waals surface area contributed by atoms with Crippen LogP contribution in [0.4, 0.5) is 29.6 Å². The van der Waals surface area contributed by atoms with E-state index in [1.54, 1.807) is 0 Å². The van der Waals surface area contributed by atoms with E-state index in [4.69, 9.17) is 4.74 Å². The second-order valence-corrected chi connectivity index (χ2v) is 7.96. The van der Waals surface area contributed by atoms with Crippen LogP contribution in [-0.2, 0) is 10.9 Å². The van der Waals surface area contributed by atoms with Gasteiger partial charge in [-0.1, -0.05) is 6.42 Å². The third-order valence-electron chi connectivity index (χ3n) is 6.02. The first-order valence-corrected chi connectivity index (χ1v) is 10.3. The van der Waals surface area contributed by atoms with E-state index in [-0.39, 0.29) is 28.9 Å². The highest BCUT2D eigenvalue weighted by Gasteiger charge is 2.40. The lowest BCUT2D eigenvalue weighted by Crippen LogP contribution is -2.44. The fourth-order valence-corrected chi connectivity index (χ4v) is 4.20. The zero-order chi connectivity index (χ0) is 21.6. The molecule has 0 radical (unpaired) electrons. The van der Waals surface area contributed by atoms with Crippen molar-refractivity contribution in [3.05, 3.63) is 29.6 Å². The lowest BCUT2D eigenvalue weighted by atomic mass is 9.78. The second kappa shape index (κ2) is 7.63. The number of pyridine rings is 1. The minimum absolute atomic E-state index is 0.0890. The van der Waals surface area contributed by atoms with E-state index in [1.165, 1.54) is 6.33 Å². The molecule has 2 aromatic heterocycles. The number of nitrogens with zero attached hydrogens (tertiary/aromatic N) is 4. The van der Waals surface area contributed by atoms with Gasteiger partial charge in [0.15, 0.2) is 0 Å². The van der Waals surface area contributed by atoms with Gasteiger partial charge in [-0.3, -0.25) is 5.32 Å². The number of carbonyl (C=O) groups excluding carboxylic acids is 1. The smallest absolute Gasteiger partial charge is 0.416 e. The minimum Gasteiger partial charge on any atom is -0.441 e. The number of amides is 1. The van der Waals surface area contributed by atoms with Crippen molar-refractivity contribution in [3.8, 4) is 11.4 Å². The highest BCUT2D eigenvalue weighted by molar-refractivity contribution is 5.88. The van der Waals surface area contributed by atoms with Crippen LogP contribution in [0.5, 0.6) is 0 Å². The minimum atomic E-state index is -4.54. The number of fused-ring (bicyclic) bond motifs is 1. The Labute approximate surface area is 176 Å². The first-order valence-electron chi connectivity index (χ1n) is 10.3. The summed E-state index contributed by atoms with van der Waals surface area (Å²) in [6.07, 6.45) is -1.78. The lowest BCUT2D eigenvalue weighted by Gasteiger charge is -2.37. The molecule has 11 heteroatoms. The van der Waals surface area contributed by atoms with E-state index in [9.17, 15) is 18.0 Å². The fraction of sp³-hybridized carbons (Fsp3) is 0.500. The summed E-state index contributed by atoms with van der Waals surface area (Å²) in [4.78, 5) is 26.8. The molecule has 2 N–H and O–H groups in total. The molecular formula is C20H21F3N6O2. The summed E-state index contributed by atoms with van der Waals surface area (Å²) in [6, 6.07) is 2.08. The molecule has 0 unspecified atom stereocenters. The van der Waals surface area contributed by atoms with E-state index < -0.39 is 23.9 Å². The Balaban J connectivity index is 1.65. The van der Waals surface area contributed by atoms with Crippen LogP contribution in [0.1, 0.15) is 36.5 Å². The molecule has 3 aliphatic rings. The normalized spacial score (nSPS) is 21.7. The number of hydrogen-bond donors (Lipinski definition) is 2. The molecule has 1 aliphatic carbocycles. The summed E-state index contributed by atoms with van der Waals surface area (Å²) in [6.45, 7) is 2.44. The standard InChI is InChI=1S/C20H21F3N6O2/c21-20(22,23)12-8-13(27-14(9-12)29-6-4-24-5-7-29)16-15-17(11-2-1-3-11)31-19(30)28-18(15)26-10-25-16/h8-11,17,24H,1-7H2,(H,25,26,28,30)/t17-/m1/s1. The van der Waals surface area contributed by atoms with E-state index >= 15 is 0 Å². The quantitative estimate of drug-likeness (QED) is 0.765. The molecular weight excluding hydrogens is 413 g/mol. The molecule has 2 aromatic rings. The third-order valence-corrected chi connectivity index (χ3v) is 6.02. The summed E-state index contributed by atoms with van der Waals surface area (Å²) in [5.41, 5.74) is 0.0414. The number of cyclic esters (lactones) is 1. The molecule has 2 aliphatic heterocycles. The molecule has 4 heterocycles. The van der Waals surface area contributed by atoms with Crippen LogP contribution in [-0.4, -0.2) is 47.2 Å². The number of piperazine rings is 1. The highest BCUT2D eigenvalue weighted by atomic mass is 19.4. The third kappa shape index (κ3) is 3.78. The van der Waals surface area contributed by atoms with Gasteiger partial charge in [0.25, 0.3) is 0 Å². The first kappa shape index (κ1) is 20.0. The van der Waals surface area contributed by atoms with Crippen LogP contribution in [0.15, 0.2) is 18.5 Å². The maximum atomic E-state index is 13.7. The number of aromatic nitrogens is 3. The fourth-order valence-electron chi connectivity index (χ4n) is 4.20. The van der Waals surface area contributed by atoms with Gasteiger partial charge in [-0.05, 0) is 25.0 Å². The lowest BCUT2D eigenvalue weighted by molar-refractivity contribution is -0.137. The Morgan fingerprint density at radius 3 is 2.58 bits per heavy atom. The number of anilines is 2. The van der Waals surface area contributed by atoms with Crippen molar-refractivity contribution < 1.29 is 22.7 Å². The van der Waals surface area contributed by atoms with Crippen LogP contribution < -0.4 is 15.5 Å². The molecule has 2 fully saturated rings. The van der Waals surface area contributed by atoms with Gasteiger partial charge < -0.3 is 15.0 Å². The Hall–Kier alpha value is -2.95. The monoisotopic (exact) mass is 434 g/mol. The molecule has 1 saturated heterocycles. The summed E-state index contributed by atoms with van der Waals surface area (Å²) >= 11 is 0. The van der Waals surface area contributed by atoms with Crippen LogP contribution in [0, 0.1) is 5.92 Å². The van der Waals surface area contributed by atoms with Crippen molar-refractivity contribution in [2.45, 2.75) is 31.5 Å². The van der Waals surface area contributed by atoms with Gasteiger partial charge in [-0.2, -0.15) is 13.2 Å². The summed E-state index contributed by atoms with van der Waals surface area (Å²) in [5, 5.41) is 5.73. The van der Waals surface area contributed by atoms with Crippen LogP contribution in [0.2, 0.25) is 0 Å². The number of alkyl halides is 3. The molecule has 0 bridgehead atoms. The van der Waals surface area contributed by atoms with E-state index in [2.05, 4.69) is 25.6 Å². The Morgan fingerprint density at radius 1 is 1.13 bits per heavy atom. The molecule has 8 nitrogen and oxygen atoms in total. The van der Waals surface area contributed by atoms with Gasteiger partial charge >= 0.3 is 12.3 Å². The Kier molecular flexibility index (Phi) is 4.92.